The van der Waals surface area contributed by atoms with Gasteiger partial charge in [-0.3, -0.25) is 9.59 Å². The maximum Gasteiger partial charge on any atom is 0.400 e. The van der Waals surface area contributed by atoms with Gasteiger partial charge in [0, 0.05) is 0 Å². The lowest BCUT2D eigenvalue weighted by atomic mass is 10.1. The van der Waals surface area contributed by atoms with Gasteiger partial charge in [0.05, 0.1) is 26.9 Å². The maximum absolute atomic E-state index is 11.9. The van der Waals surface area contributed by atoms with Crippen molar-refractivity contribution >= 4 is 22.3 Å². The minimum Gasteiger partial charge on any atom is -0.468 e. The third-order valence-corrected chi connectivity index (χ3v) is 3.94. The fourth-order valence-electron chi connectivity index (χ4n) is 2.01. The number of carbonyl (C=O) groups is 2. The predicted molar refractivity (Wildman–Crippen MR) is 66.5 cm³/mol. The topological polar surface area (TPSA) is 124 Å². The lowest BCUT2D eigenvalue weighted by molar-refractivity contribution is -0.276. The summed E-state index contributed by atoms with van der Waals surface area (Å²) in [7, 11) is -2.97. The zero-order valence-corrected chi connectivity index (χ0v) is 12.7. The molecule has 4 atom stereocenters. The third-order valence-electron chi connectivity index (χ3n) is 3.03. The second kappa shape index (κ2) is 6.87. The fraction of sp³-hybridized carbons (Fsp3) is 0.818. The molecule has 2 unspecified atom stereocenters. The number of hydrogen-bond donors (Lipinski definition) is 0. The summed E-state index contributed by atoms with van der Waals surface area (Å²) in [5, 5.41) is 0. The summed E-state index contributed by atoms with van der Waals surface area (Å²) < 4.78 is 51.5. The van der Waals surface area contributed by atoms with Crippen molar-refractivity contribution in [2.75, 3.05) is 26.9 Å². The second-order valence-corrected chi connectivity index (χ2v) is 5.70. The lowest BCUT2D eigenvalue weighted by Gasteiger charge is -2.39. The first kappa shape index (κ1) is 17.1. The first-order valence-corrected chi connectivity index (χ1v) is 7.80. The number of ether oxygens (including phenoxy) is 4. The van der Waals surface area contributed by atoms with Crippen LogP contribution in [0.15, 0.2) is 0 Å². The van der Waals surface area contributed by atoms with Crippen LogP contribution in [0.5, 0.6) is 0 Å². The number of hydrogen-bond acceptors (Lipinski definition) is 10. The Labute approximate surface area is 126 Å². The summed E-state index contributed by atoms with van der Waals surface area (Å²) in [6, 6.07) is 0. The number of carbonyl (C=O) groups excluding carboxylic acids is 2. The normalized spacial score (nSPS) is 31.6. The Morgan fingerprint density at radius 2 is 1.95 bits per heavy atom. The first-order valence-electron chi connectivity index (χ1n) is 6.47. The van der Waals surface area contributed by atoms with Crippen molar-refractivity contribution in [2.24, 2.45) is 5.92 Å². The van der Waals surface area contributed by atoms with Crippen LogP contribution in [0.2, 0.25) is 0 Å². The number of fused-ring (bicyclic) bond motifs is 1. The van der Waals surface area contributed by atoms with Gasteiger partial charge in [-0.15, -0.1) is 0 Å². The molecule has 22 heavy (non-hydrogen) atoms. The van der Waals surface area contributed by atoms with E-state index in [4.69, 9.17) is 14.2 Å². The van der Waals surface area contributed by atoms with Crippen LogP contribution in [0, 0.1) is 5.92 Å². The van der Waals surface area contributed by atoms with Gasteiger partial charge in [0.15, 0.2) is 6.29 Å². The fourth-order valence-corrected chi connectivity index (χ4v) is 2.85. The average molecular weight is 340 g/mol. The van der Waals surface area contributed by atoms with E-state index in [1.165, 1.54) is 0 Å². The van der Waals surface area contributed by atoms with Crippen LogP contribution in [0.3, 0.4) is 0 Å². The Balaban J connectivity index is 2.08. The van der Waals surface area contributed by atoms with Gasteiger partial charge in [0.25, 0.3) is 0 Å². The van der Waals surface area contributed by atoms with Crippen LogP contribution in [0.25, 0.3) is 0 Å². The molecule has 0 aromatic heterocycles. The van der Waals surface area contributed by atoms with Gasteiger partial charge < -0.3 is 18.9 Å². The largest absolute Gasteiger partial charge is 0.468 e. The summed E-state index contributed by atoms with van der Waals surface area (Å²) in [4.78, 5) is 23.6. The quantitative estimate of drug-likeness (QED) is 0.452. The molecule has 2 rings (SSSR count). The first-order chi connectivity index (χ1) is 10.4. The van der Waals surface area contributed by atoms with Crippen molar-refractivity contribution in [3.8, 4) is 0 Å². The van der Waals surface area contributed by atoms with E-state index in [9.17, 15) is 18.0 Å². The Morgan fingerprint density at radius 3 is 2.59 bits per heavy atom. The van der Waals surface area contributed by atoms with Gasteiger partial charge in [-0.1, -0.05) is 0 Å². The number of esters is 2. The molecule has 0 saturated carbocycles. The monoisotopic (exact) mass is 340 g/mol. The minimum atomic E-state index is -4.08. The molecule has 0 radical (unpaired) electrons. The molecule has 0 bridgehead atoms. The van der Waals surface area contributed by atoms with E-state index < -0.39 is 46.8 Å². The molecular weight excluding hydrogens is 324 g/mol. The standard InChI is InChI=1S/C11H16O10S/c1-3-17-10(13)8(9(12)16-2)11-18-4-7-6(20-11)5-19-22(14,15)21-7/h6-8,11H,3-5H2,1-2H3/t6-,7+,8?,11?/m1/s1. The van der Waals surface area contributed by atoms with E-state index in [1.54, 1.807) is 6.92 Å². The van der Waals surface area contributed by atoms with Crippen molar-refractivity contribution in [3.63, 3.8) is 0 Å². The summed E-state index contributed by atoms with van der Waals surface area (Å²) in [6.45, 7) is 1.16. The van der Waals surface area contributed by atoms with Crippen LogP contribution < -0.4 is 0 Å². The van der Waals surface area contributed by atoms with Gasteiger partial charge in [-0.05, 0) is 6.92 Å². The average Bonchev–Trinajstić information content (AvgIpc) is 2.47. The van der Waals surface area contributed by atoms with Crippen molar-refractivity contribution in [2.45, 2.75) is 25.4 Å². The summed E-state index contributed by atoms with van der Waals surface area (Å²) >= 11 is 0. The molecular formula is C11H16O10S. The molecule has 2 aliphatic heterocycles. The van der Waals surface area contributed by atoms with Gasteiger partial charge in [0.2, 0.25) is 5.92 Å². The minimum absolute atomic E-state index is 0.0650. The van der Waals surface area contributed by atoms with E-state index >= 15 is 0 Å². The third kappa shape index (κ3) is 3.73. The molecule has 10 nitrogen and oxygen atoms in total. The number of methoxy groups -OCH3 is 1. The van der Waals surface area contributed by atoms with Crippen molar-refractivity contribution < 1.29 is 45.3 Å². The van der Waals surface area contributed by atoms with Crippen LogP contribution in [0.4, 0.5) is 0 Å². The SMILES string of the molecule is CCOC(=O)C(C(=O)OC)C1OC[C@@H]2OS(=O)(=O)OC[C@H]2O1. The van der Waals surface area contributed by atoms with E-state index in [2.05, 4.69) is 13.1 Å². The smallest absolute Gasteiger partial charge is 0.400 e. The maximum atomic E-state index is 11.9. The zero-order valence-electron chi connectivity index (χ0n) is 11.9. The molecule has 2 fully saturated rings. The van der Waals surface area contributed by atoms with Crippen LogP contribution in [-0.4, -0.2) is 65.8 Å². The highest BCUT2D eigenvalue weighted by Crippen LogP contribution is 2.27. The van der Waals surface area contributed by atoms with E-state index in [1.807, 2.05) is 0 Å². The molecule has 0 spiro atoms. The Hall–Kier alpha value is -1.27. The summed E-state index contributed by atoms with van der Waals surface area (Å²) in [6.07, 6.45) is -2.99. The molecule has 126 valence electrons. The molecule has 2 heterocycles. The van der Waals surface area contributed by atoms with Gasteiger partial charge in [0.1, 0.15) is 12.2 Å². The molecule has 2 aliphatic rings. The molecule has 0 aromatic rings. The van der Waals surface area contributed by atoms with Gasteiger partial charge >= 0.3 is 22.3 Å². The number of rotatable bonds is 4. The van der Waals surface area contributed by atoms with Crippen molar-refractivity contribution in [3.05, 3.63) is 0 Å². The molecule has 2 saturated heterocycles. The Morgan fingerprint density at radius 1 is 1.23 bits per heavy atom. The van der Waals surface area contributed by atoms with E-state index in [0.29, 0.717) is 0 Å². The van der Waals surface area contributed by atoms with Crippen LogP contribution in [0.1, 0.15) is 6.92 Å². The Kier molecular flexibility index (Phi) is 5.34. The highest BCUT2D eigenvalue weighted by Gasteiger charge is 2.47. The molecule has 0 aliphatic carbocycles. The van der Waals surface area contributed by atoms with E-state index in [-0.39, 0.29) is 19.8 Å². The molecule has 0 N–H and O–H groups in total. The Bertz CT molecular complexity index is 529. The van der Waals surface area contributed by atoms with Crippen molar-refractivity contribution in [1.82, 2.24) is 0 Å². The molecule has 11 heteroatoms. The summed E-state index contributed by atoms with van der Waals surface area (Å²) in [5.41, 5.74) is 0. The lowest BCUT2D eigenvalue weighted by Crippen LogP contribution is -2.55. The second-order valence-electron chi connectivity index (χ2n) is 4.46. The summed E-state index contributed by atoms with van der Waals surface area (Å²) in [5.74, 6) is -3.18. The van der Waals surface area contributed by atoms with Crippen molar-refractivity contribution in [1.29, 1.82) is 0 Å². The van der Waals surface area contributed by atoms with E-state index in [0.717, 1.165) is 7.11 Å². The zero-order chi connectivity index (χ0) is 16.3. The van der Waals surface area contributed by atoms with Crippen LogP contribution in [-0.2, 0) is 47.3 Å². The molecule has 0 aromatic carbocycles. The van der Waals surface area contributed by atoms with Gasteiger partial charge in [-0.2, -0.15) is 8.42 Å². The van der Waals surface area contributed by atoms with Gasteiger partial charge in [-0.25, -0.2) is 8.37 Å². The highest BCUT2D eigenvalue weighted by atomic mass is 32.3. The predicted octanol–water partition coefficient (Wildman–Crippen LogP) is -1.26. The van der Waals surface area contributed by atoms with Crippen LogP contribution >= 0.6 is 0 Å². The highest BCUT2D eigenvalue weighted by molar-refractivity contribution is 7.81. The molecule has 0 amide bonds.